The number of hydrogen-bond donors (Lipinski definition) is 0. The molecule has 0 aromatic carbocycles. The maximum atomic E-state index is 13.6. The van der Waals surface area contributed by atoms with Crippen LogP contribution >= 0.6 is 0 Å². The van der Waals surface area contributed by atoms with Gasteiger partial charge in [-0.15, -0.1) is 0 Å². The van der Waals surface area contributed by atoms with Crippen LogP contribution in [0.2, 0.25) is 0 Å². The molecular formula is C11H18FNO2. The predicted molar refractivity (Wildman–Crippen MR) is 54.4 cm³/mol. The summed E-state index contributed by atoms with van der Waals surface area (Å²) < 4.78 is 18.8. The van der Waals surface area contributed by atoms with Gasteiger partial charge in [-0.05, 0) is 33.6 Å². The van der Waals surface area contributed by atoms with Crippen LogP contribution in [-0.4, -0.2) is 35.9 Å². The van der Waals surface area contributed by atoms with Crippen LogP contribution in [0.25, 0.3) is 0 Å². The molecule has 2 rings (SSSR count). The van der Waals surface area contributed by atoms with Crippen LogP contribution in [0, 0.1) is 5.41 Å². The van der Waals surface area contributed by atoms with Crippen LogP contribution in [0.15, 0.2) is 0 Å². The summed E-state index contributed by atoms with van der Waals surface area (Å²) in [6.45, 7) is 6.19. The van der Waals surface area contributed by atoms with Gasteiger partial charge in [-0.3, -0.25) is 0 Å². The van der Waals surface area contributed by atoms with Crippen molar-refractivity contribution in [2.24, 2.45) is 5.41 Å². The lowest BCUT2D eigenvalue weighted by molar-refractivity contribution is 0.0280. The van der Waals surface area contributed by atoms with E-state index in [2.05, 4.69) is 0 Å². The van der Waals surface area contributed by atoms with Crippen molar-refractivity contribution < 1.29 is 13.9 Å². The van der Waals surface area contributed by atoms with Gasteiger partial charge in [-0.2, -0.15) is 0 Å². The quantitative estimate of drug-likeness (QED) is 0.620. The maximum Gasteiger partial charge on any atom is 0.410 e. The van der Waals surface area contributed by atoms with Crippen molar-refractivity contribution in [3.05, 3.63) is 0 Å². The van der Waals surface area contributed by atoms with Crippen LogP contribution in [0.3, 0.4) is 0 Å². The fourth-order valence-electron chi connectivity index (χ4n) is 2.03. The van der Waals surface area contributed by atoms with Crippen molar-refractivity contribution in [2.45, 2.75) is 45.4 Å². The summed E-state index contributed by atoms with van der Waals surface area (Å²) in [6.07, 6.45) is 0.583. The van der Waals surface area contributed by atoms with Crippen LogP contribution in [0.4, 0.5) is 9.18 Å². The van der Waals surface area contributed by atoms with Crippen molar-refractivity contribution in [1.29, 1.82) is 0 Å². The third-order valence-corrected chi connectivity index (χ3v) is 3.09. The Morgan fingerprint density at radius 3 is 2.47 bits per heavy atom. The minimum Gasteiger partial charge on any atom is -0.444 e. The SMILES string of the molecule is CC(C)(C)OC(=O)N1CC(F)C2(CC2)C1. The largest absolute Gasteiger partial charge is 0.444 e. The van der Waals surface area contributed by atoms with E-state index in [1.165, 1.54) is 4.90 Å². The van der Waals surface area contributed by atoms with E-state index in [0.717, 1.165) is 12.8 Å². The van der Waals surface area contributed by atoms with E-state index in [4.69, 9.17) is 4.74 Å². The monoisotopic (exact) mass is 215 g/mol. The molecule has 86 valence electrons. The fraction of sp³-hybridized carbons (Fsp3) is 0.909. The molecule has 0 N–H and O–H groups in total. The molecule has 0 bridgehead atoms. The summed E-state index contributed by atoms with van der Waals surface area (Å²) in [7, 11) is 0. The van der Waals surface area contributed by atoms with Gasteiger partial charge in [-0.1, -0.05) is 0 Å². The van der Waals surface area contributed by atoms with Gasteiger partial charge < -0.3 is 9.64 Å². The highest BCUT2D eigenvalue weighted by Gasteiger charge is 2.57. The molecule has 3 nitrogen and oxygen atoms in total. The molecule has 1 atom stereocenters. The van der Waals surface area contributed by atoms with Crippen LogP contribution in [0.1, 0.15) is 33.6 Å². The Kier molecular flexibility index (Phi) is 2.21. The van der Waals surface area contributed by atoms with Gasteiger partial charge >= 0.3 is 6.09 Å². The Balaban J connectivity index is 1.93. The van der Waals surface area contributed by atoms with Gasteiger partial charge in [0.05, 0.1) is 6.54 Å². The van der Waals surface area contributed by atoms with Crippen molar-refractivity contribution >= 4 is 6.09 Å². The Morgan fingerprint density at radius 1 is 1.47 bits per heavy atom. The summed E-state index contributed by atoms with van der Waals surface area (Å²) in [5.74, 6) is 0. The van der Waals surface area contributed by atoms with Gasteiger partial charge in [0.1, 0.15) is 11.8 Å². The van der Waals surface area contributed by atoms with Gasteiger partial charge in [0, 0.05) is 12.0 Å². The van der Waals surface area contributed by atoms with Crippen molar-refractivity contribution in [1.82, 2.24) is 4.90 Å². The summed E-state index contributed by atoms with van der Waals surface area (Å²) in [6, 6.07) is 0. The van der Waals surface area contributed by atoms with Crippen LogP contribution in [-0.2, 0) is 4.74 Å². The van der Waals surface area contributed by atoms with E-state index in [1.807, 2.05) is 20.8 Å². The van der Waals surface area contributed by atoms with E-state index >= 15 is 0 Å². The standard InChI is InChI=1S/C11H18FNO2/c1-10(2,3)15-9(14)13-6-8(12)11(7-13)4-5-11/h8H,4-7H2,1-3H3. The normalized spacial score (nSPS) is 28.3. The highest BCUT2D eigenvalue weighted by molar-refractivity contribution is 5.69. The first-order chi connectivity index (χ1) is 6.82. The average Bonchev–Trinajstić information content (AvgIpc) is 2.73. The lowest BCUT2D eigenvalue weighted by Crippen LogP contribution is -2.35. The number of amides is 1. The molecule has 2 fully saturated rings. The predicted octanol–water partition coefficient (Wildman–Crippen LogP) is 2.36. The van der Waals surface area contributed by atoms with Gasteiger partial charge in [-0.25, -0.2) is 9.18 Å². The smallest absolute Gasteiger partial charge is 0.410 e. The Morgan fingerprint density at radius 2 is 2.07 bits per heavy atom. The van der Waals surface area contributed by atoms with E-state index < -0.39 is 11.8 Å². The van der Waals surface area contributed by atoms with Gasteiger partial charge in [0.15, 0.2) is 0 Å². The Hall–Kier alpha value is -0.800. The first-order valence-electron chi connectivity index (χ1n) is 5.44. The number of carbonyl (C=O) groups is 1. The van der Waals surface area contributed by atoms with Gasteiger partial charge in [0.25, 0.3) is 0 Å². The first-order valence-corrected chi connectivity index (χ1v) is 5.44. The molecule has 15 heavy (non-hydrogen) atoms. The van der Waals surface area contributed by atoms with Crippen molar-refractivity contribution in [3.63, 3.8) is 0 Å². The molecule has 1 unspecified atom stereocenters. The lowest BCUT2D eigenvalue weighted by atomic mass is 10.1. The zero-order chi connectivity index (χ0) is 11.3. The second-order valence-corrected chi connectivity index (χ2v) is 5.69. The maximum absolute atomic E-state index is 13.6. The molecule has 1 saturated carbocycles. The molecule has 2 aliphatic rings. The number of alkyl halides is 1. The highest BCUT2D eigenvalue weighted by Crippen LogP contribution is 2.54. The molecule has 0 aromatic heterocycles. The molecule has 1 saturated heterocycles. The molecule has 1 spiro atoms. The van der Waals surface area contributed by atoms with E-state index in [0.29, 0.717) is 6.54 Å². The molecule has 1 aliphatic heterocycles. The third kappa shape index (κ3) is 2.08. The highest BCUT2D eigenvalue weighted by atomic mass is 19.1. The van der Waals surface area contributed by atoms with Crippen molar-refractivity contribution in [3.8, 4) is 0 Å². The minimum atomic E-state index is -0.856. The van der Waals surface area contributed by atoms with Gasteiger partial charge in [0.2, 0.25) is 0 Å². The molecule has 1 aliphatic carbocycles. The number of nitrogens with zero attached hydrogens (tertiary/aromatic N) is 1. The van der Waals surface area contributed by atoms with Crippen LogP contribution in [0.5, 0.6) is 0 Å². The average molecular weight is 215 g/mol. The third-order valence-electron chi connectivity index (χ3n) is 3.09. The van der Waals surface area contributed by atoms with E-state index in [-0.39, 0.29) is 18.1 Å². The number of rotatable bonds is 0. The van der Waals surface area contributed by atoms with Crippen molar-refractivity contribution in [2.75, 3.05) is 13.1 Å². The summed E-state index contributed by atoms with van der Waals surface area (Å²) >= 11 is 0. The minimum absolute atomic E-state index is 0.203. The topological polar surface area (TPSA) is 29.5 Å². The molecule has 4 heteroatoms. The second-order valence-electron chi connectivity index (χ2n) is 5.69. The summed E-state index contributed by atoms with van der Waals surface area (Å²) in [5.41, 5.74) is -0.709. The zero-order valence-electron chi connectivity index (χ0n) is 9.55. The lowest BCUT2D eigenvalue weighted by Gasteiger charge is -2.24. The molecular weight excluding hydrogens is 197 g/mol. The second kappa shape index (κ2) is 3.09. The van der Waals surface area contributed by atoms with E-state index in [1.54, 1.807) is 0 Å². The Bertz CT molecular complexity index is 281. The molecule has 1 amide bonds. The number of carbonyl (C=O) groups excluding carboxylic acids is 1. The van der Waals surface area contributed by atoms with Crippen LogP contribution < -0.4 is 0 Å². The fourth-order valence-corrected chi connectivity index (χ4v) is 2.03. The molecule has 0 radical (unpaired) electrons. The Labute approximate surface area is 89.6 Å². The van der Waals surface area contributed by atoms with E-state index in [9.17, 15) is 9.18 Å². The molecule has 1 heterocycles. The molecule has 0 aromatic rings. The number of hydrogen-bond acceptors (Lipinski definition) is 2. The summed E-state index contributed by atoms with van der Waals surface area (Å²) in [4.78, 5) is 13.2. The number of halogens is 1. The summed E-state index contributed by atoms with van der Waals surface area (Å²) in [5, 5.41) is 0. The zero-order valence-corrected chi connectivity index (χ0v) is 9.55. The number of ether oxygens (including phenoxy) is 1. The first kappa shape index (κ1) is 10.7. The number of likely N-dealkylation sites (tertiary alicyclic amines) is 1.